The van der Waals surface area contributed by atoms with Crippen molar-refractivity contribution >= 4 is 0 Å². The van der Waals surface area contributed by atoms with E-state index in [1.165, 1.54) is 18.4 Å². The van der Waals surface area contributed by atoms with Gasteiger partial charge in [-0.05, 0) is 24.2 Å². The van der Waals surface area contributed by atoms with E-state index in [1.54, 1.807) is 0 Å². The Morgan fingerprint density at radius 2 is 2.25 bits per heavy atom. The molecule has 0 aliphatic heterocycles. The molecule has 1 aromatic heterocycles. The van der Waals surface area contributed by atoms with Gasteiger partial charge in [-0.15, -0.1) is 0 Å². The Labute approximate surface area is 96.8 Å². The molecule has 0 amide bonds. The van der Waals surface area contributed by atoms with Crippen LogP contribution in [0.15, 0.2) is 4.52 Å². The van der Waals surface area contributed by atoms with Crippen molar-refractivity contribution in [2.75, 3.05) is 0 Å². The summed E-state index contributed by atoms with van der Waals surface area (Å²) in [6, 6.07) is 0. The second kappa shape index (κ2) is 4.21. The fourth-order valence-electron chi connectivity index (χ4n) is 2.54. The van der Waals surface area contributed by atoms with Crippen molar-refractivity contribution in [1.29, 1.82) is 0 Å². The minimum Gasteiger partial charge on any atom is -0.390 e. The second-order valence-corrected chi connectivity index (χ2v) is 5.47. The van der Waals surface area contributed by atoms with Crippen molar-refractivity contribution in [2.24, 2.45) is 11.3 Å². The fourth-order valence-corrected chi connectivity index (χ4v) is 2.54. The van der Waals surface area contributed by atoms with Gasteiger partial charge in [-0.2, -0.15) is 0 Å². The number of nitrogens with zero attached hydrogens (tertiary/aromatic N) is 1. The van der Waals surface area contributed by atoms with Gasteiger partial charge in [-0.25, -0.2) is 0 Å². The first-order valence-corrected chi connectivity index (χ1v) is 6.15. The minimum atomic E-state index is -0.00188. The normalized spacial score (nSPS) is 20.9. The molecule has 1 aliphatic rings. The summed E-state index contributed by atoms with van der Waals surface area (Å²) in [6.45, 7) is 6.90. The monoisotopic (exact) mass is 223 g/mol. The van der Waals surface area contributed by atoms with Crippen LogP contribution in [0.25, 0.3) is 0 Å². The summed E-state index contributed by atoms with van der Waals surface area (Å²) in [5.41, 5.74) is 2.27. The van der Waals surface area contributed by atoms with Crippen LogP contribution >= 0.6 is 0 Å². The van der Waals surface area contributed by atoms with E-state index in [1.807, 2.05) is 0 Å². The van der Waals surface area contributed by atoms with Crippen molar-refractivity contribution in [3.05, 3.63) is 17.0 Å². The van der Waals surface area contributed by atoms with Crippen LogP contribution in [0, 0.1) is 11.3 Å². The van der Waals surface area contributed by atoms with E-state index >= 15 is 0 Å². The first-order valence-electron chi connectivity index (χ1n) is 6.15. The summed E-state index contributed by atoms with van der Waals surface area (Å²) in [6.07, 6.45) is 4.34. The predicted molar refractivity (Wildman–Crippen MR) is 62.0 cm³/mol. The van der Waals surface area contributed by atoms with E-state index in [4.69, 9.17) is 4.52 Å². The van der Waals surface area contributed by atoms with Crippen molar-refractivity contribution in [3.8, 4) is 0 Å². The first-order chi connectivity index (χ1) is 7.58. The Hall–Kier alpha value is -0.830. The zero-order chi connectivity index (χ0) is 11.8. The van der Waals surface area contributed by atoms with Gasteiger partial charge in [0, 0.05) is 12.0 Å². The van der Waals surface area contributed by atoms with Crippen LogP contribution in [0.3, 0.4) is 0 Å². The average Bonchev–Trinajstić information content (AvgIpc) is 2.70. The predicted octanol–water partition coefficient (Wildman–Crippen LogP) is 2.71. The second-order valence-electron chi connectivity index (χ2n) is 5.47. The minimum absolute atomic E-state index is 0.00188. The molecule has 90 valence electrons. The standard InChI is InChI=1S/C13H21NO2/c1-4-13(2,3)9-5-6-12-10(7-9)11(8-15)14-16-12/h9,15H,4-8H2,1-3H3. The summed E-state index contributed by atoms with van der Waals surface area (Å²) in [7, 11) is 0. The number of aliphatic hydroxyl groups excluding tert-OH is 1. The molecule has 1 N–H and O–H groups in total. The molecule has 0 bridgehead atoms. The lowest BCUT2D eigenvalue weighted by Gasteiger charge is -2.35. The van der Waals surface area contributed by atoms with Gasteiger partial charge in [-0.1, -0.05) is 32.3 Å². The summed E-state index contributed by atoms with van der Waals surface area (Å²) in [5, 5.41) is 13.1. The Morgan fingerprint density at radius 3 is 2.88 bits per heavy atom. The fraction of sp³-hybridized carbons (Fsp3) is 0.769. The van der Waals surface area contributed by atoms with E-state index in [9.17, 15) is 5.11 Å². The number of fused-ring (bicyclic) bond motifs is 1. The summed E-state index contributed by atoms with van der Waals surface area (Å²) < 4.78 is 5.26. The van der Waals surface area contributed by atoms with E-state index < -0.39 is 0 Å². The lowest BCUT2D eigenvalue weighted by molar-refractivity contribution is 0.176. The van der Waals surface area contributed by atoms with Crippen LogP contribution in [-0.2, 0) is 19.4 Å². The molecule has 16 heavy (non-hydrogen) atoms. The molecule has 1 atom stereocenters. The van der Waals surface area contributed by atoms with E-state index in [-0.39, 0.29) is 6.61 Å². The molecular weight excluding hydrogens is 202 g/mol. The topological polar surface area (TPSA) is 46.3 Å². The van der Waals surface area contributed by atoms with Crippen LogP contribution in [0.1, 0.15) is 50.6 Å². The number of aryl methyl sites for hydroxylation is 1. The number of hydrogen-bond donors (Lipinski definition) is 1. The van der Waals surface area contributed by atoms with Crippen molar-refractivity contribution < 1.29 is 9.63 Å². The van der Waals surface area contributed by atoms with Crippen molar-refractivity contribution in [2.45, 2.75) is 53.1 Å². The van der Waals surface area contributed by atoms with E-state index in [0.29, 0.717) is 11.3 Å². The summed E-state index contributed by atoms with van der Waals surface area (Å²) in [4.78, 5) is 0. The third kappa shape index (κ3) is 1.88. The first kappa shape index (κ1) is 11.6. The van der Waals surface area contributed by atoms with Gasteiger partial charge in [-0.3, -0.25) is 0 Å². The number of aliphatic hydroxyl groups is 1. The van der Waals surface area contributed by atoms with Gasteiger partial charge in [0.1, 0.15) is 11.5 Å². The summed E-state index contributed by atoms with van der Waals surface area (Å²) >= 11 is 0. The molecule has 0 aromatic carbocycles. The van der Waals surface area contributed by atoms with Gasteiger partial charge in [0.15, 0.2) is 0 Å². The van der Waals surface area contributed by atoms with Gasteiger partial charge >= 0.3 is 0 Å². The summed E-state index contributed by atoms with van der Waals surface area (Å²) in [5.74, 6) is 1.67. The Balaban J connectivity index is 2.22. The van der Waals surface area contributed by atoms with Crippen molar-refractivity contribution in [1.82, 2.24) is 5.16 Å². The molecule has 0 saturated carbocycles. The highest BCUT2D eigenvalue weighted by molar-refractivity contribution is 5.26. The maximum atomic E-state index is 9.21. The van der Waals surface area contributed by atoms with Gasteiger partial charge in [0.05, 0.1) is 6.61 Å². The van der Waals surface area contributed by atoms with Crippen LogP contribution in [-0.4, -0.2) is 10.3 Å². The molecule has 3 nitrogen and oxygen atoms in total. The highest BCUT2D eigenvalue weighted by Crippen LogP contribution is 2.40. The average molecular weight is 223 g/mol. The number of aromatic nitrogens is 1. The molecule has 0 fully saturated rings. The molecule has 1 aromatic rings. The smallest absolute Gasteiger partial charge is 0.140 e. The largest absolute Gasteiger partial charge is 0.390 e. The molecule has 3 heteroatoms. The number of hydrogen-bond acceptors (Lipinski definition) is 3. The zero-order valence-corrected chi connectivity index (χ0v) is 10.4. The van der Waals surface area contributed by atoms with Gasteiger partial charge in [0.25, 0.3) is 0 Å². The zero-order valence-electron chi connectivity index (χ0n) is 10.4. The lowest BCUT2D eigenvalue weighted by atomic mass is 9.69. The van der Waals surface area contributed by atoms with Crippen LogP contribution < -0.4 is 0 Å². The van der Waals surface area contributed by atoms with E-state index in [2.05, 4.69) is 25.9 Å². The Morgan fingerprint density at radius 1 is 1.50 bits per heavy atom. The van der Waals surface area contributed by atoms with E-state index in [0.717, 1.165) is 24.3 Å². The van der Waals surface area contributed by atoms with Crippen LogP contribution in [0.5, 0.6) is 0 Å². The van der Waals surface area contributed by atoms with Gasteiger partial charge < -0.3 is 9.63 Å². The lowest BCUT2D eigenvalue weighted by Crippen LogP contribution is -2.28. The van der Waals surface area contributed by atoms with Crippen LogP contribution in [0.4, 0.5) is 0 Å². The quantitative estimate of drug-likeness (QED) is 0.857. The maximum absolute atomic E-state index is 9.21. The third-order valence-electron chi connectivity index (χ3n) is 4.29. The SMILES string of the molecule is CCC(C)(C)C1CCc2onc(CO)c2C1. The molecule has 0 spiro atoms. The molecule has 1 aliphatic carbocycles. The third-order valence-corrected chi connectivity index (χ3v) is 4.29. The molecule has 1 heterocycles. The number of rotatable bonds is 3. The maximum Gasteiger partial charge on any atom is 0.140 e. The highest BCUT2D eigenvalue weighted by Gasteiger charge is 2.33. The Bertz CT molecular complexity index is 355. The molecule has 1 unspecified atom stereocenters. The van der Waals surface area contributed by atoms with Gasteiger partial charge in [0.2, 0.25) is 0 Å². The molecular formula is C13H21NO2. The van der Waals surface area contributed by atoms with Crippen molar-refractivity contribution in [3.63, 3.8) is 0 Å². The highest BCUT2D eigenvalue weighted by atomic mass is 16.5. The molecule has 0 radical (unpaired) electrons. The molecule has 2 rings (SSSR count). The Kier molecular flexibility index (Phi) is 3.06. The van der Waals surface area contributed by atoms with Crippen LogP contribution in [0.2, 0.25) is 0 Å². The molecule has 0 saturated heterocycles.